The molecule has 6 rings (SSSR count). The van der Waals surface area contributed by atoms with Crippen LogP contribution in [0.5, 0.6) is 0 Å². The molecule has 0 aliphatic carbocycles. The third kappa shape index (κ3) is 4.08. The molecule has 1 saturated heterocycles. The first-order valence-corrected chi connectivity index (χ1v) is 11.9. The number of aromatic nitrogens is 2. The zero-order valence-corrected chi connectivity index (χ0v) is 19.3. The molecule has 3 aliphatic rings. The van der Waals surface area contributed by atoms with Crippen LogP contribution in [0.4, 0.5) is 25.1 Å². The average molecular weight is 491 g/mol. The Morgan fingerprint density at radius 2 is 2.17 bits per heavy atom. The van der Waals surface area contributed by atoms with Gasteiger partial charge in [0.2, 0.25) is 0 Å². The number of urea groups is 1. The molecule has 2 N–H and O–H groups in total. The van der Waals surface area contributed by atoms with E-state index in [-0.39, 0.29) is 17.6 Å². The van der Waals surface area contributed by atoms with Crippen LogP contribution in [-0.4, -0.2) is 41.7 Å². The van der Waals surface area contributed by atoms with Crippen LogP contribution in [-0.2, 0) is 0 Å². The molecule has 2 aromatic heterocycles. The number of carbonyl (C=O) groups excluding carboxylic acids is 1. The highest BCUT2D eigenvalue weighted by Crippen LogP contribution is 2.39. The van der Waals surface area contributed by atoms with Crippen molar-refractivity contribution in [2.75, 3.05) is 29.4 Å². The van der Waals surface area contributed by atoms with Gasteiger partial charge in [-0.3, -0.25) is 10.2 Å². The summed E-state index contributed by atoms with van der Waals surface area (Å²) >= 11 is 0. The molecular weight excluding hydrogens is 466 g/mol. The van der Waals surface area contributed by atoms with Crippen molar-refractivity contribution >= 4 is 23.1 Å². The zero-order chi connectivity index (χ0) is 24.6. The van der Waals surface area contributed by atoms with Gasteiger partial charge in [-0.1, -0.05) is 24.3 Å². The topological polar surface area (TPSA) is 86.5 Å². The summed E-state index contributed by atoms with van der Waals surface area (Å²) in [7, 11) is 0. The summed E-state index contributed by atoms with van der Waals surface area (Å²) in [4.78, 5) is 26.4. The van der Waals surface area contributed by atoms with E-state index in [4.69, 9.17) is 9.40 Å². The number of pyridine rings is 1. The van der Waals surface area contributed by atoms with Gasteiger partial charge in [-0.05, 0) is 37.1 Å². The molecule has 3 aromatic rings. The maximum Gasteiger partial charge on any atom is 0.328 e. The largest absolute Gasteiger partial charge is 0.444 e. The van der Waals surface area contributed by atoms with Crippen LogP contribution in [0, 0.1) is 0 Å². The number of benzene rings is 1. The molecular formula is C26H24F2N6O2. The molecule has 5 heterocycles. The van der Waals surface area contributed by atoms with Crippen molar-refractivity contribution < 1.29 is 18.0 Å². The molecule has 0 radical (unpaired) electrons. The van der Waals surface area contributed by atoms with Gasteiger partial charge < -0.3 is 14.6 Å². The Morgan fingerprint density at radius 1 is 1.25 bits per heavy atom. The SMILES string of the molecule is O=C(NC1=CC(c2cnco2)=CCN1)N1c2nc(-c3cccc(C(F)F)c3)ccc2N2CCC[C@H]1C2. The van der Waals surface area contributed by atoms with Crippen molar-refractivity contribution in [3.8, 4) is 11.3 Å². The second-order valence-electron chi connectivity index (χ2n) is 8.97. The van der Waals surface area contributed by atoms with Crippen LogP contribution >= 0.6 is 0 Å². The number of dihydropyridines is 1. The Bertz CT molecular complexity index is 1350. The minimum absolute atomic E-state index is 0.0464. The fourth-order valence-electron chi connectivity index (χ4n) is 5.00. The highest BCUT2D eigenvalue weighted by molar-refractivity contribution is 5.98. The van der Waals surface area contributed by atoms with E-state index in [1.165, 1.54) is 18.5 Å². The van der Waals surface area contributed by atoms with E-state index < -0.39 is 6.43 Å². The number of hydrogen-bond donors (Lipinski definition) is 2. The fraction of sp³-hybridized carbons (Fsp3) is 0.269. The van der Waals surface area contributed by atoms with E-state index in [1.807, 2.05) is 18.2 Å². The molecule has 0 saturated carbocycles. The maximum absolute atomic E-state index is 13.6. The quantitative estimate of drug-likeness (QED) is 0.551. The van der Waals surface area contributed by atoms with E-state index in [0.717, 1.165) is 37.2 Å². The summed E-state index contributed by atoms with van der Waals surface area (Å²) in [6, 6.07) is 9.61. The highest BCUT2D eigenvalue weighted by atomic mass is 19.3. The van der Waals surface area contributed by atoms with Gasteiger partial charge in [0.15, 0.2) is 18.0 Å². The number of nitrogens with one attached hydrogen (secondary N) is 2. The van der Waals surface area contributed by atoms with Crippen LogP contribution in [0.25, 0.3) is 16.8 Å². The van der Waals surface area contributed by atoms with Crippen molar-refractivity contribution in [2.45, 2.75) is 25.3 Å². The van der Waals surface area contributed by atoms with E-state index >= 15 is 0 Å². The number of rotatable bonds is 4. The van der Waals surface area contributed by atoms with Crippen molar-refractivity contribution in [1.29, 1.82) is 0 Å². The Labute approximate surface area is 206 Å². The molecule has 0 spiro atoms. The number of carbonyl (C=O) groups is 1. The standard InChI is InChI=1S/C26H24F2N6O2/c27-24(28)18-4-1-3-16(11-18)20-6-7-21-25(31-20)34(19-5-2-10-33(21)14-19)26(35)32-23-12-17(8-9-30-23)22-13-29-15-36-22/h1,3-4,6-8,11-13,15,19,24,30H,2,5,9-10,14H2,(H,32,35)/t19-/m0/s1. The number of allylic oxidation sites excluding steroid dienone is 2. The summed E-state index contributed by atoms with van der Waals surface area (Å²) in [5, 5.41) is 6.16. The number of hydrogen-bond acceptors (Lipinski definition) is 6. The van der Waals surface area contributed by atoms with Gasteiger partial charge in [0.05, 0.1) is 23.6 Å². The zero-order valence-electron chi connectivity index (χ0n) is 19.3. The molecule has 1 atom stereocenters. The van der Waals surface area contributed by atoms with Gasteiger partial charge in [0.1, 0.15) is 5.82 Å². The molecule has 1 fully saturated rings. The summed E-state index contributed by atoms with van der Waals surface area (Å²) in [6.07, 6.45) is 6.00. The Hall–Kier alpha value is -4.21. The number of anilines is 2. The fourth-order valence-corrected chi connectivity index (χ4v) is 5.00. The van der Waals surface area contributed by atoms with Crippen LogP contribution in [0.3, 0.4) is 0 Å². The first-order chi connectivity index (χ1) is 17.6. The van der Waals surface area contributed by atoms with Gasteiger partial charge in [-0.2, -0.15) is 0 Å². The Kier molecular flexibility index (Phi) is 5.63. The summed E-state index contributed by atoms with van der Waals surface area (Å²) in [6.45, 7) is 2.13. The molecule has 0 unspecified atom stereocenters. The number of amides is 2. The lowest BCUT2D eigenvalue weighted by atomic mass is 9.99. The van der Waals surface area contributed by atoms with Crippen LogP contribution in [0.1, 0.15) is 30.6 Å². The molecule has 2 bridgehead atoms. The van der Waals surface area contributed by atoms with Crippen molar-refractivity contribution in [2.24, 2.45) is 0 Å². The number of oxazole rings is 1. The predicted octanol–water partition coefficient (Wildman–Crippen LogP) is 4.70. The predicted molar refractivity (Wildman–Crippen MR) is 131 cm³/mol. The van der Waals surface area contributed by atoms with E-state index in [2.05, 4.69) is 20.5 Å². The number of piperidine rings is 1. The van der Waals surface area contributed by atoms with Gasteiger partial charge in [-0.25, -0.2) is 23.5 Å². The second kappa shape index (κ2) is 9.10. The third-order valence-electron chi connectivity index (χ3n) is 6.71. The van der Waals surface area contributed by atoms with E-state index in [9.17, 15) is 13.6 Å². The summed E-state index contributed by atoms with van der Waals surface area (Å²) in [5.74, 6) is 1.70. The molecule has 184 valence electrons. The molecule has 3 aliphatic heterocycles. The lowest BCUT2D eigenvalue weighted by Gasteiger charge is -2.46. The number of nitrogens with zero attached hydrogens (tertiary/aromatic N) is 4. The number of halogens is 2. The lowest BCUT2D eigenvalue weighted by molar-refractivity contribution is 0.151. The number of alkyl halides is 2. The van der Waals surface area contributed by atoms with Gasteiger partial charge in [-0.15, -0.1) is 0 Å². The minimum atomic E-state index is -2.57. The van der Waals surface area contributed by atoms with E-state index in [0.29, 0.717) is 35.2 Å². The molecule has 8 nitrogen and oxygen atoms in total. The molecule has 36 heavy (non-hydrogen) atoms. The molecule has 10 heteroatoms. The van der Waals surface area contributed by atoms with E-state index in [1.54, 1.807) is 29.3 Å². The normalized spacial score (nSPS) is 18.8. The monoisotopic (exact) mass is 490 g/mol. The van der Waals surface area contributed by atoms with Gasteiger partial charge in [0.25, 0.3) is 6.43 Å². The first kappa shape index (κ1) is 22.3. The smallest absolute Gasteiger partial charge is 0.328 e. The van der Waals surface area contributed by atoms with Crippen LogP contribution in [0.15, 0.2) is 71.4 Å². The van der Waals surface area contributed by atoms with Crippen LogP contribution < -0.4 is 20.4 Å². The van der Waals surface area contributed by atoms with Gasteiger partial charge in [0, 0.05) is 36.3 Å². The maximum atomic E-state index is 13.6. The van der Waals surface area contributed by atoms with Crippen molar-refractivity contribution in [3.63, 3.8) is 0 Å². The summed E-state index contributed by atoms with van der Waals surface area (Å²) < 4.78 is 32.0. The average Bonchev–Trinajstić information content (AvgIpc) is 3.44. The van der Waals surface area contributed by atoms with Crippen molar-refractivity contribution in [3.05, 3.63) is 78.3 Å². The highest BCUT2D eigenvalue weighted by Gasteiger charge is 2.38. The minimum Gasteiger partial charge on any atom is -0.444 e. The number of fused-ring (bicyclic) bond motifs is 4. The third-order valence-corrected chi connectivity index (χ3v) is 6.71. The van der Waals surface area contributed by atoms with Gasteiger partial charge >= 0.3 is 6.03 Å². The van der Waals surface area contributed by atoms with Crippen molar-refractivity contribution in [1.82, 2.24) is 20.6 Å². The Balaban J connectivity index is 1.33. The van der Waals surface area contributed by atoms with Crippen LogP contribution in [0.2, 0.25) is 0 Å². The summed E-state index contributed by atoms with van der Waals surface area (Å²) in [5.41, 5.74) is 2.75. The Morgan fingerprint density at radius 3 is 3.00 bits per heavy atom. The first-order valence-electron chi connectivity index (χ1n) is 11.9. The second-order valence-corrected chi connectivity index (χ2v) is 8.97. The molecule has 2 amide bonds. The molecule has 1 aromatic carbocycles. The lowest BCUT2D eigenvalue weighted by Crippen LogP contribution is -2.57.